The number of ether oxygens (including phenoxy) is 3. The summed E-state index contributed by atoms with van der Waals surface area (Å²) in [6.45, 7) is 6.47. The summed E-state index contributed by atoms with van der Waals surface area (Å²) in [4.78, 5) is 34.4. The Hall–Kier alpha value is -1.59. The van der Waals surface area contributed by atoms with E-state index in [2.05, 4.69) is 6.92 Å². The van der Waals surface area contributed by atoms with Crippen molar-refractivity contribution in [2.75, 3.05) is 6.61 Å². The largest absolute Gasteiger partial charge is 0.462 e. The van der Waals surface area contributed by atoms with Crippen molar-refractivity contribution in [1.82, 2.24) is 0 Å². The Morgan fingerprint density at radius 2 is 1.10 bits per heavy atom. The molecular formula is C25H46O6. The Labute approximate surface area is 189 Å². The molecule has 6 nitrogen and oxygen atoms in total. The summed E-state index contributed by atoms with van der Waals surface area (Å²) in [5, 5.41) is 0. The molecule has 0 N–H and O–H groups in total. The number of carbonyl (C=O) groups is 3. The lowest BCUT2D eigenvalue weighted by Gasteiger charge is -2.19. The fourth-order valence-electron chi connectivity index (χ4n) is 3.49. The molecule has 182 valence electrons. The predicted octanol–water partition coefficient (Wildman–Crippen LogP) is 6.28. The van der Waals surface area contributed by atoms with Gasteiger partial charge in [0.1, 0.15) is 12.7 Å². The van der Waals surface area contributed by atoms with Crippen molar-refractivity contribution in [3.63, 3.8) is 0 Å². The number of esters is 3. The molecule has 0 saturated carbocycles. The van der Waals surface area contributed by atoms with Crippen LogP contribution in [0.2, 0.25) is 0 Å². The molecule has 0 aliphatic carbocycles. The fourth-order valence-corrected chi connectivity index (χ4v) is 3.49. The van der Waals surface area contributed by atoms with Crippen molar-refractivity contribution < 1.29 is 28.6 Å². The lowest BCUT2D eigenvalue weighted by Crippen LogP contribution is -2.32. The summed E-state index contributed by atoms with van der Waals surface area (Å²) in [6, 6.07) is 0. The molecule has 0 aliphatic heterocycles. The van der Waals surface area contributed by atoms with Crippen molar-refractivity contribution >= 4 is 17.9 Å². The molecule has 0 aromatic heterocycles. The van der Waals surface area contributed by atoms with E-state index in [0.717, 1.165) is 19.3 Å². The van der Waals surface area contributed by atoms with Gasteiger partial charge < -0.3 is 14.2 Å². The molecule has 0 rings (SSSR count). The quantitative estimate of drug-likeness (QED) is 0.125. The SMILES string of the molecule is CCCCCCCCCCCCCCCCC(OC(C)=O)C(=O)OC(C)COC(C)=O. The molecule has 2 atom stereocenters. The maximum atomic E-state index is 12.3. The van der Waals surface area contributed by atoms with Crippen LogP contribution >= 0.6 is 0 Å². The molecule has 0 bridgehead atoms. The predicted molar refractivity (Wildman–Crippen MR) is 123 cm³/mol. The zero-order valence-corrected chi connectivity index (χ0v) is 20.4. The van der Waals surface area contributed by atoms with Crippen LogP contribution < -0.4 is 0 Å². The first-order chi connectivity index (χ1) is 14.9. The molecule has 0 saturated heterocycles. The summed E-state index contributed by atoms with van der Waals surface area (Å²) in [5.74, 6) is -1.51. The molecule has 0 fully saturated rings. The molecule has 0 aromatic rings. The summed E-state index contributed by atoms with van der Waals surface area (Å²) >= 11 is 0. The van der Waals surface area contributed by atoms with Crippen LogP contribution in [0.3, 0.4) is 0 Å². The van der Waals surface area contributed by atoms with Crippen LogP contribution in [-0.2, 0) is 28.6 Å². The van der Waals surface area contributed by atoms with E-state index in [9.17, 15) is 14.4 Å². The van der Waals surface area contributed by atoms with Crippen LogP contribution in [0, 0.1) is 0 Å². The topological polar surface area (TPSA) is 78.9 Å². The highest BCUT2D eigenvalue weighted by Gasteiger charge is 2.25. The van der Waals surface area contributed by atoms with Crippen LogP contribution in [0.1, 0.15) is 124 Å². The lowest BCUT2D eigenvalue weighted by atomic mass is 10.0. The van der Waals surface area contributed by atoms with Crippen molar-refractivity contribution in [2.24, 2.45) is 0 Å². The van der Waals surface area contributed by atoms with E-state index in [1.807, 2.05) is 0 Å². The Balaban J connectivity index is 3.81. The second-order valence-corrected chi connectivity index (χ2v) is 8.53. The smallest absolute Gasteiger partial charge is 0.347 e. The number of hydrogen-bond donors (Lipinski definition) is 0. The molecule has 0 amide bonds. The third-order valence-corrected chi connectivity index (χ3v) is 5.23. The van der Waals surface area contributed by atoms with E-state index < -0.39 is 30.1 Å². The summed E-state index contributed by atoms with van der Waals surface area (Å²) < 4.78 is 15.2. The van der Waals surface area contributed by atoms with Crippen molar-refractivity contribution in [3.05, 3.63) is 0 Å². The number of carbonyl (C=O) groups excluding carboxylic acids is 3. The van der Waals surface area contributed by atoms with Gasteiger partial charge in [-0.3, -0.25) is 9.59 Å². The van der Waals surface area contributed by atoms with Gasteiger partial charge in [0.05, 0.1) is 0 Å². The van der Waals surface area contributed by atoms with Gasteiger partial charge >= 0.3 is 17.9 Å². The minimum atomic E-state index is -0.894. The van der Waals surface area contributed by atoms with Crippen LogP contribution in [0.4, 0.5) is 0 Å². The van der Waals surface area contributed by atoms with E-state index in [4.69, 9.17) is 14.2 Å². The van der Waals surface area contributed by atoms with Gasteiger partial charge in [-0.05, 0) is 19.8 Å². The Morgan fingerprint density at radius 1 is 0.645 bits per heavy atom. The first-order valence-corrected chi connectivity index (χ1v) is 12.4. The third kappa shape index (κ3) is 20.1. The van der Waals surface area contributed by atoms with Crippen LogP contribution in [0.5, 0.6) is 0 Å². The average Bonchev–Trinajstić information content (AvgIpc) is 2.71. The van der Waals surface area contributed by atoms with Gasteiger partial charge in [-0.15, -0.1) is 0 Å². The average molecular weight is 443 g/mol. The normalized spacial score (nSPS) is 12.8. The third-order valence-electron chi connectivity index (χ3n) is 5.23. The highest BCUT2D eigenvalue weighted by atomic mass is 16.6. The Morgan fingerprint density at radius 3 is 1.52 bits per heavy atom. The minimum absolute atomic E-state index is 0.00722. The van der Waals surface area contributed by atoms with Crippen LogP contribution in [-0.4, -0.2) is 36.7 Å². The van der Waals surface area contributed by atoms with Gasteiger partial charge in [0.25, 0.3) is 0 Å². The first-order valence-electron chi connectivity index (χ1n) is 12.4. The van der Waals surface area contributed by atoms with E-state index in [1.54, 1.807) is 6.92 Å². The minimum Gasteiger partial charge on any atom is -0.462 e. The molecule has 0 radical (unpaired) electrons. The zero-order valence-electron chi connectivity index (χ0n) is 20.4. The second kappa shape index (κ2) is 20.3. The van der Waals surface area contributed by atoms with Gasteiger partial charge in [-0.25, -0.2) is 4.79 Å². The maximum absolute atomic E-state index is 12.3. The monoisotopic (exact) mass is 442 g/mol. The molecule has 0 aromatic carbocycles. The fraction of sp³-hybridized carbons (Fsp3) is 0.880. The Bertz CT molecular complexity index is 477. The number of rotatable bonds is 20. The molecular weight excluding hydrogens is 396 g/mol. The number of unbranched alkanes of at least 4 members (excludes halogenated alkanes) is 13. The standard InChI is InChI=1S/C25H46O6/c1-5-6-7-8-9-10-11-12-13-14-15-16-17-18-19-24(31-23(4)27)25(28)30-21(2)20-29-22(3)26/h21,24H,5-20H2,1-4H3. The van der Waals surface area contributed by atoms with Crippen LogP contribution in [0.25, 0.3) is 0 Å². The van der Waals surface area contributed by atoms with Crippen molar-refractivity contribution in [1.29, 1.82) is 0 Å². The van der Waals surface area contributed by atoms with Crippen molar-refractivity contribution in [2.45, 2.75) is 136 Å². The van der Waals surface area contributed by atoms with Gasteiger partial charge in [0.15, 0.2) is 6.10 Å². The highest BCUT2D eigenvalue weighted by Crippen LogP contribution is 2.15. The van der Waals surface area contributed by atoms with E-state index in [1.165, 1.54) is 84.5 Å². The highest BCUT2D eigenvalue weighted by molar-refractivity contribution is 5.78. The molecule has 6 heteroatoms. The molecule has 31 heavy (non-hydrogen) atoms. The molecule has 2 unspecified atom stereocenters. The maximum Gasteiger partial charge on any atom is 0.347 e. The second-order valence-electron chi connectivity index (χ2n) is 8.53. The summed E-state index contributed by atoms with van der Waals surface area (Å²) in [6.07, 6.45) is 16.6. The zero-order chi connectivity index (χ0) is 23.3. The first kappa shape index (κ1) is 29.4. The number of hydrogen-bond acceptors (Lipinski definition) is 6. The van der Waals surface area contributed by atoms with Gasteiger partial charge in [0.2, 0.25) is 0 Å². The summed E-state index contributed by atoms with van der Waals surface area (Å²) in [7, 11) is 0. The van der Waals surface area contributed by atoms with Gasteiger partial charge in [-0.2, -0.15) is 0 Å². The van der Waals surface area contributed by atoms with E-state index in [-0.39, 0.29) is 6.61 Å². The lowest BCUT2D eigenvalue weighted by molar-refractivity contribution is -0.173. The van der Waals surface area contributed by atoms with Gasteiger partial charge in [-0.1, -0.05) is 90.4 Å². The summed E-state index contributed by atoms with van der Waals surface area (Å²) in [5.41, 5.74) is 0. The Kier molecular flexibility index (Phi) is 19.3. The molecule has 0 aliphatic rings. The van der Waals surface area contributed by atoms with E-state index in [0.29, 0.717) is 6.42 Å². The molecule has 0 heterocycles. The molecule has 0 spiro atoms. The van der Waals surface area contributed by atoms with Crippen molar-refractivity contribution in [3.8, 4) is 0 Å². The van der Waals surface area contributed by atoms with E-state index >= 15 is 0 Å². The van der Waals surface area contributed by atoms with Crippen LogP contribution in [0.15, 0.2) is 0 Å². The van der Waals surface area contributed by atoms with Gasteiger partial charge in [0, 0.05) is 13.8 Å².